The largest absolute Gasteiger partial charge is 0.393 e. The molecule has 0 radical (unpaired) electrons. The average Bonchev–Trinajstić information content (AvgIpc) is 3.46. The van der Waals surface area contributed by atoms with E-state index in [1.807, 2.05) is 24.3 Å². The van der Waals surface area contributed by atoms with Crippen LogP contribution in [0.15, 0.2) is 60.8 Å². The Hall–Kier alpha value is -3.48. The van der Waals surface area contributed by atoms with Crippen LogP contribution in [0.3, 0.4) is 0 Å². The summed E-state index contributed by atoms with van der Waals surface area (Å²) in [6.07, 6.45) is 0.234. The lowest BCUT2D eigenvalue weighted by Crippen LogP contribution is -2.32. The first-order chi connectivity index (χ1) is 15.4. The summed E-state index contributed by atoms with van der Waals surface area (Å²) in [5, 5.41) is 0. The molecule has 5 rings (SSSR count). The molecule has 1 amide bonds. The molecule has 1 aliphatic carbocycles. The van der Waals surface area contributed by atoms with Crippen LogP contribution in [0.4, 0.5) is 13.2 Å². The second-order valence-corrected chi connectivity index (χ2v) is 8.16. The number of hydrogen-bond donors (Lipinski definition) is 0. The van der Waals surface area contributed by atoms with Gasteiger partial charge in [-0.05, 0) is 47.4 Å². The fourth-order valence-corrected chi connectivity index (χ4v) is 4.27. The van der Waals surface area contributed by atoms with Crippen molar-refractivity contribution in [3.05, 3.63) is 83.3 Å². The molecule has 4 nitrogen and oxygen atoms in total. The molecule has 2 aliphatic rings. The Bertz CT molecular complexity index is 1200. The molecular formula is C25H20F3N3O. The van der Waals surface area contributed by atoms with Crippen molar-refractivity contribution in [1.29, 1.82) is 0 Å². The lowest BCUT2D eigenvalue weighted by Gasteiger charge is -2.18. The van der Waals surface area contributed by atoms with Crippen molar-refractivity contribution in [2.75, 3.05) is 13.1 Å². The van der Waals surface area contributed by atoms with Crippen molar-refractivity contribution in [3.63, 3.8) is 0 Å². The van der Waals surface area contributed by atoms with Crippen LogP contribution in [0, 0.1) is 5.92 Å². The molecule has 1 unspecified atom stereocenters. The summed E-state index contributed by atoms with van der Waals surface area (Å²) in [4.78, 5) is 23.0. The van der Waals surface area contributed by atoms with Gasteiger partial charge in [-0.15, -0.1) is 0 Å². The molecular weight excluding hydrogens is 415 g/mol. The standard InChI is InChI=1S/C25H20F3N3O/c26-25(27,28)20-9-10-31(15-20)24(32)22-8-4-7-21(30-22)19-12-18-11-17(13-23(18)29-14-19)16-5-2-1-3-6-16/h1-8,11-12,14,20H,9-10,13,15H2. The lowest BCUT2D eigenvalue weighted by atomic mass is 10.1. The number of alkyl halides is 3. The maximum absolute atomic E-state index is 13.0. The van der Waals surface area contributed by atoms with E-state index in [0.717, 1.165) is 28.8 Å². The van der Waals surface area contributed by atoms with Crippen LogP contribution in [-0.4, -0.2) is 40.0 Å². The van der Waals surface area contributed by atoms with Crippen molar-refractivity contribution in [2.45, 2.75) is 19.0 Å². The molecule has 1 aromatic carbocycles. The number of likely N-dealkylation sites (tertiary alicyclic amines) is 1. The first-order valence-corrected chi connectivity index (χ1v) is 10.5. The van der Waals surface area contributed by atoms with Gasteiger partial charge in [0.1, 0.15) is 5.69 Å². The van der Waals surface area contributed by atoms with Gasteiger partial charge in [-0.1, -0.05) is 36.4 Å². The Morgan fingerprint density at radius 3 is 2.59 bits per heavy atom. The number of benzene rings is 1. The minimum Gasteiger partial charge on any atom is -0.337 e. The Morgan fingerprint density at radius 2 is 1.84 bits per heavy atom. The van der Waals surface area contributed by atoms with E-state index in [9.17, 15) is 18.0 Å². The van der Waals surface area contributed by atoms with Crippen molar-refractivity contribution < 1.29 is 18.0 Å². The van der Waals surface area contributed by atoms with Crippen molar-refractivity contribution in [2.24, 2.45) is 5.92 Å². The number of carbonyl (C=O) groups is 1. The molecule has 3 heterocycles. The summed E-state index contributed by atoms with van der Waals surface area (Å²) in [6, 6.07) is 17.1. The summed E-state index contributed by atoms with van der Waals surface area (Å²) < 4.78 is 38.9. The van der Waals surface area contributed by atoms with E-state index in [1.54, 1.807) is 24.4 Å². The summed E-state index contributed by atoms with van der Waals surface area (Å²) in [7, 11) is 0. The number of pyridine rings is 2. The number of allylic oxidation sites excluding steroid dienone is 1. The van der Waals surface area contributed by atoms with Crippen LogP contribution in [0.25, 0.3) is 22.9 Å². The van der Waals surface area contributed by atoms with Crippen LogP contribution < -0.4 is 0 Å². The highest BCUT2D eigenvalue weighted by Crippen LogP contribution is 2.34. The van der Waals surface area contributed by atoms with Gasteiger partial charge >= 0.3 is 6.18 Å². The predicted octanol–water partition coefficient (Wildman–Crippen LogP) is 5.26. The van der Waals surface area contributed by atoms with Gasteiger partial charge in [0.25, 0.3) is 5.91 Å². The highest BCUT2D eigenvalue weighted by molar-refractivity contribution is 5.93. The normalized spacial score (nSPS) is 17.9. The molecule has 1 fully saturated rings. The summed E-state index contributed by atoms with van der Waals surface area (Å²) >= 11 is 0. The van der Waals surface area contributed by atoms with E-state index < -0.39 is 18.0 Å². The zero-order chi connectivity index (χ0) is 22.3. The summed E-state index contributed by atoms with van der Waals surface area (Å²) in [5.41, 5.74) is 5.81. The van der Waals surface area contributed by atoms with Crippen LogP contribution >= 0.6 is 0 Å². The molecule has 7 heteroatoms. The van der Waals surface area contributed by atoms with Crippen molar-refractivity contribution in [1.82, 2.24) is 14.9 Å². The lowest BCUT2D eigenvalue weighted by molar-refractivity contribution is -0.169. The number of fused-ring (bicyclic) bond motifs is 1. The Balaban J connectivity index is 1.38. The highest BCUT2D eigenvalue weighted by Gasteiger charge is 2.44. The molecule has 0 spiro atoms. The third-order valence-electron chi connectivity index (χ3n) is 6.04. The third kappa shape index (κ3) is 3.90. The van der Waals surface area contributed by atoms with E-state index in [2.05, 4.69) is 28.2 Å². The van der Waals surface area contributed by atoms with Gasteiger partial charge in [-0.25, -0.2) is 4.98 Å². The predicted molar refractivity (Wildman–Crippen MR) is 116 cm³/mol. The van der Waals surface area contributed by atoms with Gasteiger partial charge in [0.15, 0.2) is 0 Å². The number of aromatic nitrogens is 2. The van der Waals surface area contributed by atoms with Gasteiger partial charge < -0.3 is 4.90 Å². The van der Waals surface area contributed by atoms with Gasteiger partial charge in [0.05, 0.1) is 17.3 Å². The zero-order valence-electron chi connectivity index (χ0n) is 17.1. The fraction of sp³-hybridized carbons (Fsp3) is 0.240. The van der Waals surface area contributed by atoms with E-state index in [4.69, 9.17) is 0 Å². The van der Waals surface area contributed by atoms with Crippen molar-refractivity contribution >= 4 is 17.6 Å². The molecule has 1 aliphatic heterocycles. The van der Waals surface area contributed by atoms with E-state index in [0.29, 0.717) is 5.69 Å². The molecule has 0 saturated carbocycles. The maximum atomic E-state index is 13.0. The van der Waals surface area contributed by atoms with Crippen LogP contribution in [0.1, 0.15) is 33.7 Å². The second-order valence-electron chi connectivity index (χ2n) is 8.16. The third-order valence-corrected chi connectivity index (χ3v) is 6.04. The molecule has 1 saturated heterocycles. The van der Waals surface area contributed by atoms with Crippen LogP contribution in [-0.2, 0) is 6.42 Å². The monoisotopic (exact) mass is 435 g/mol. The Labute approximate surface area is 183 Å². The Kier molecular flexibility index (Phi) is 5.04. The first kappa shape index (κ1) is 20.4. The number of nitrogens with zero attached hydrogens (tertiary/aromatic N) is 3. The van der Waals surface area contributed by atoms with E-state index in [1.165, 1.54) is 10.5 Å². The zero-order valence-corrected chi connectivity index (χ0v) is 17.1. The van der Waals surface area contributed by atoms with E-state index in [-0.39, 0.29) is 25.2 Å². The fourth-order valence-electron chi connectivity index (χ4n) is 4.27. The average molecular weight is 435 g/mol. The van der Waals surface area contributed by atoms with E-state index >= 15 is 0 Å². The Morgan fingerprint density at radius 1 is 1.03 bits per heavy atom. The smallest absolute Gasteiger partial charge is 0.337 e. The minimum atomic E-state index is -4.29. The van der Waals surface area contributed by atoms with Gasteiger partial charge in [-0.2, -0.15) is 13.2 Å². The van der Waals surface area contributed by atoms with Crippen molar-refractivity contribution in [3.8, 4) is 11.3 Å². The summed E-state index contributed by atoms with van der Waals surface area (Å²) in [6.45, 7) is -0.232. The molecule has 3 aromatic rings. The molecule has 32 heavy (non-hydrogen) atoms. The molecule has 162 valence electrons. The second kappa shape index (κ2) is 7.89. The van der Waals surface area contributed by atoms with Gasteiger partial charge in [0.2, 0.25) is 0 Å². The van der Waals surface area contributed by atoms with Crippen LogP contribution in [0.2, 0.25) is 0 Å². The first-order valence-electron chi connectivity index (χ1n) is 10.5. The maximum Gasteiger partial charge on any atom is 0.393 e. The SMILES string of the molecule is O=C(c1cccc(-c2cnc3c(c2)C=C(c2ccccc2)C3)n1)N1CCC(C(F)(F)F)C1. The topological polar surface area (TPSA) is 46.1 Å². The molecule has 0 bridgehead atoms. The number of rotatable bonds is 3. The minimum absolute atomic E-state index is 0.0697. The molecule has 2 aromatic heterocycles. The summed E-state index contributed by atoms with van der Waals surface area (Å²) in [5.74, 6) is -1.94. The molecule has 1 atom stereocenters. The van der Waals surface area contributed by atoms with Gasteiger partial charge in [-0.3, -0.25) is 9.78 Å². The highest BCUT2D eigenvalue weighted by atomic mass is 19.4. The molecule has 0 N–H and O–H groups in total. The van der Waals surface area contributed by atoms with Gasteiger partial charge in [0, 0.05) is 31.3 Å². The number of hydrogen-bond acceptors (Lipinski definition) is 3. The number of amides is 1. The number of halogens is 3. The quantitative estimate of drug-likeness (QED) is 0.564. The van der Waals surface area contributed by atoms with Crippen LogP contribution in [0.5, 0.6) is 0 Å². The number of carbonyl (C=O) groups excluding carboxylic acids is 1.